The highest BCUT2D eigenvalue weighted by atomic mass is 35.5. The molecule has 3 aromatic rings. The molecular formula is C23H32Cl2N4O3. The lowest BCUT2D eigenvalue weighted by Crippen LogP contribution is -2.17. The van der Waals surface area contributed by atoms with E-state index in [-0.39, 0.29) is 36.5 Å². The molecule has 0 amide bonds. The number of fused-ring (bicyclic) bond motifs is 1. The first-order valence-corrected chi connectivity index (χ1v) is 9.99. The Balaban J connectivity index is 0.00000256. The fourth-order valence-electron chi connectivity index (χ4n) is 3.84. The number of halogens is 2. The first-order valence-electron chi connectivity index (χ1n) is 9.99. The van der Waals surface area contributed by atoms with E-state index in [1.807, 2.05) is 67.8 Å². The summed E-state index contributed by atoms with van der Waals surface area (Å²) in [5, 5.41) is 12.0. The Morgan fingerprint density at radius 3 is 2.22 bits per heavy atom. The molecule has 0 atom stereocenters. The fourth-order valence-corrected chi connectivity index (χ4v) is 3.84. The van der Waals surface area contributed by atoms with Gasteiger partial charge in [0.25, 0.3) is 0 Å². The van der Waals surface area contributed by atoms with Crippen molar-refractivity contribution in [3.8, 4) is 16.9 Å². The average Bonchev–Trinajstić information content (AvgIpc) is 2.96. The molecule has 0 saturated carbocycles. The monoisotopic (exact) mass is 482 g/mol. The maximum absolute atomic E-state index is 13.0. The highest BCUT2D eigenvalue weighted by molar-refractivity contribution is 6.09. The number of pyridine rings is 1. The van der Waals surface area contributed by atoms with Gasteiger partial charge < -0.3 is 24.2 Å². The smallest absolute Gasteiger partial charge is 0.340 e. The lowest BCUT2D eigenvalue weighted by Gasteiger charge is -2.17. The van der Waals surface area contributed by atoms with Crippen LogP contribution in [0.25, 0.3) is 22.0 Å². The summed E-state index contributed by atoms with van der Waals surface area (Å²) in [7, 11) is 9.77. The molecule has 0 unspecified atom stereocenters. The van der Waals surface area contributed by atoms with Crippen molar-refractivity contribution in [1.82, 2.24) is 19.4 Å². The van der Waals surface area contributed by atoms with Gasteiger partial charge >= 0.3 is 5.97 Å². The Kier molecular flexibility index (Phi) is 9.97. The number of rotatable bonds is 7. The van der Waals surface area contributed by atoms with Crippen molar-refractivity contribution < 1.29 is 14.6 Å². The molecule has 2 aromatic heterocycles. The highest BCUT2D eigenvalue weighted by Crippen LogP contribution is 2.41. The van der Waals surface area contributed by atoms with Crippen LogP contribution in [0.5, 0.6) is 5.75 Å². The van der Waals surface area contributed by atoms with Crippen molar-refractivity contribution in [2.75, 3.05) is 34.8 Å². The zero-order chi connectivity index (χ0) is 22.0. The Morgan fingerprint density at radius 1 is 1.09 bits per heavy atom. The van der Waals surface area contributed by atoms with E-state index in [2.05, 4.69) is 4.98 Å². The van der Waals surface area contributed by atoms with Gasteiger partial charge in [-0.15, -0.1) is 24.8 Å². The largest absolute Gasteiger partial charge is 0.507 e. The third kappa shape index (κ3) is 5.35. The number of hydrogen-bond acceptors (Lipinski definition) is 6. The Labute approximate surface area is 201 Å². The summed E-state index contributed by atoms with van der Waals surface area (Å²) in [4.78, 5) is 21.1. The van der Waals surface area contributed by atoms with Gasteiger partial charge in [-0.2, -0.15) is 0 Å². The molecule has 0 aliphatic heterocycles. The molecular weight excluding hydrogens is 451 g/mol. The van der Waals surface area contributed by atoms with Crippen LogP contribution in [0.3, 0.4) is 0 Å². The summed E-state index contributed by atoms with van der Waals surface area (Å²) in [6, 6.07) is 5.69. The molecule has 1 aromatic carbocycles. The van der Waals surface area contributed by atoms with Crippen LogP contribution in [-0.4, -0.2) is 65.2 Å². The predicted octanol–water partition coefficient (Wildman–Crippen LogP) is 4.09. The van der Waals surface area contributed by atoms with Crippen LogP contribution in [0, 0.1) is 0 Å². The van der Waals surface area contributed by atoms with Crippen LogP contribution in [0.15, 0.2) is 30.6 Å². The minimum Gasteiger partial charge on any atom is -0.507 e. The third-order valence-corrected chi connectivity index (χ3v) is 5.10. The van der Waals surface area contributed by atoms with E-state index in [4.69, 9.17) is 4.74 Å². The summed E-state index contributed by atoms with van der Waals surface area (Å²) in [5.74, 6) is -0.189. The molecule has 9 heteroatoms. The number of carbonyl (C=O) groups excluding carboxylic acids is 1. The fraction of sp³-hybridized carbons (Fsp3) is 0.391. The minimum absolute atomic E-state index is 0. The molecule has 0 fully saturated rings. The van der Waals surface area contributed by atoms with E-state index in [0.29, 0.717) is 36.4 Å². The molecule has 1 N–H and O–H groups in total. The van der Waals surface area contributed by atoms with Crippen LogP contribution in [0.2, 0.25) is 0 Å². The van der Waals surface area contributed by atoms with Crippen LogP contribution in [-0.2, 0) is 24.9 Å². The maximum Gasteiger partial charge on any atom is 0.340 e. The summed E-state index contributed by atoms with van der Waals surface area (Å²) >= 11 is 0. The Hall–Kier alpha value is -2.32. The molecule has 3 rings (SSSR count). The van der Waals surface area contributed by atoms with E-state index < -0.39 is 0 Å². The minimum atomic E-state index is -0.365. The van der Waals surface area contributed by atoms with Gasteiger partial charge in [-0.25, -0.2) is 4.79 Å². The van der Waals surface area contributed by atoms with Crippen LogP contribution in [0.4, 0.5) is 0 Å². The van der Waals surface area contributed by atoms with E-state index >= 15 is 0 Å². The van der Waals surface area contributed by atoms with Crippen molar-refractivity contribution in [2.45, 2.75) is 20.0 Å². The number of hydrogen-bond donors (Lipinski definition) is 1. The van der Waals surface area contributed by atoms with E-state index in [9.17, 15) is 9.90 Å². The van der Waals surface area contributed by atoms with Gasteiger partial charge in [0.2, 0.25) is 0 Å². The number of aryl methyl sites for hydroxylation is 1. The number of nitrogens with zero attached hydrogens (tertiary/aromatic N) is 4. The number of carbonyl (C=O) groups is 1. The van der Waals surface area contributed by atoms with Crippen molar-refractivity contribution in [1.29, 1.82) is 0 Å². The number of benzene rings is 1. The first-order chi connectivity index (χ1) is 14.3. The zero-order valence-electron chi connectivity index (χ0n) is 19.4. The van der Waals surface area contributed by atoms with Crippen LogP contribution < -0.4 is 0 Å². The Morgan fingerprint density at radius 2 is 1.69 bits per heavy atom. The molecule has 0 aliphatic rings. The topological polar surface area (TPSA) is 70.8 Å². The van der Waals surface area contributed by atoms with Gasteiger partial charge in [0.05, 0.1) is 17.7 Å². The number of aromatic nitrogens is 2. The first kappa shape index (κ1) is 27.7. The molecule has 0 aliphatic carbocycles. The second kappa shape index (κ2) is 11.5. The van der Waals surface area contributed by atoms with E-state index in [1.54, 1.807) is 19.3 Å². The van der Waals surface area contributed by atoms with E-state index in [0.717, 1.165) is 22.2 Å². The second-order valence-electron chi connectivity index (χ2n) is 7.96. The highest BCUT2D eigenvalue weighted by Gasteiger charge is 2.28. The van der Waals surface area contributed by atoms with Gasteiger partial charge in [-0.3, -0.25) is 4.98 Å². The molecule has 176 valence electrons. The van der Waals surface area contributed by atoms with E-state index in [1.165, 1.54) is 0 Å². The molecule has 7 nitrogen and oxygen atoms in total. The molecule has 32 heavy (non-hydrogen) atoms. The standard InChI is InChI=1S/C23H30N4O3.2ClH/c1-7-30-23(29)21-19(14-26(4)5)27(6)18-12-16(15-8-10-24-11-9-15)22(28)17(20(18)21)13-25(2)3;;/h8-12,28H,7,13-14H2,1-6H3;2*1H. The van der Waals surface area contributed by atoms with Gasteiger partial charge in [0.15, 0.2) is 0 Å². The second-order valence-corrected chi connectivity index (χ2v) is 7.96. The number of phenolic OH excluding ortho intramolecular Hbond substituents is 1. The average molecular weight is 483 g/mol. The lowest BCUT2D eigenvalue weighted by molar-refractivity contribution is 0.0526. The SMILES string of the molecule is CCOC(=O)c1c(CN(C)C)n(C)c2cc(-c3ccncc3)c(O)c(CN(C)C)c12.Cl.Cl. The molecule has 0 saturated heterocycles. The number of aromatic hydroxyl groups is 1. The van der Waals surface area contributed by atoms with Crippen LogP contribution >= 0.6 is 24.8 Å². The normalized spacial score (nSPS) is 10.9. The van der Waals surface area contributed by atoms with Gasteiger partial charge in [-0.1, -0.05) is 0 Å². The predicted molar refractivity (Wildman–Crippen MR) is 133 cm³/mol. The van der Waals surface area contributed by atoms with Crippen molar-refractivity contribution in [3.63, 3.8) is 0 Å². The molecule has 2 heterocycles. The van der Waals surface area contributed by atoms with Gasteiger partial charge in [0, 0.05) is 54.7 Å². The number of phenols is 1. The summed E-state index contributed by atoms with van der Waals surface area (Å²) in [6.07, 6.45) is 3.41. The van der Waals surface area contributed by atoms with Gasteiger partial charge in [0.1, 0.15) is 5.75 Å². The van der Waals surface area contributed by atoms with Crippen molar-refractivity contribution >= 4 is 41.7 Å². The van der Waals surface area contributed by atoms with Crippen molar-refractivity contribution in [2.24, 2.45) is 7.05 Å². The summed E-state index contributed by atoms with van der Waals surface area (Å²) < 4.78 is 7.44. The molecule has 0 bridgehead atoms. The zero-order valence-corrected chi connectivity index (χ0v) is 21.0. The van der Waals surface area contributed by atoms with Crippen molar-refractivity contribution in [3.05, 3.63) is 47.4 Å². The van der Waals surface area contributed by atoms with Gasteiger partial charge in [-0.05, 0) is 58.9 Å². The lowest BCUT2D eigenvalue weighted by atomic mass is 9.96. The summed E-state index contributed by atoms with van der Waals surface area (Å²) in [5.41, 5.74) is 4.58. The number of ether oxygens (including phenoxy) is 1. The van der Waals surface area contributed by atoms with Crippen LogP contribution in [0.1, 0.15) is 28.5 Å². The molecule has 0 spiro atoms. The number of esters is 1. The third-order valence-electron chi connectivity index (χ3n) is 5.10. The maximum atomic E-state index is 13.0. The summed E-state index contributed by atoms with van der Waals surface area (Å²) in [6.45, 7) is 3.15. The molecule has 0 radical (unpaired) electrons. The Bertz CT molecular complexity index is 1070. The quantitative estimate of drug-likeness (QED) is 0.511.